The number of phosphoric acid groups is 1. The van der Waals surface area contributed by atoms with E-state index in [1.165, 1.54) is 116 Å². The molecule has 2 N–H and O–H groups in total. The minimum atomic E-state index is -4.47. The molecule has 0 radical (unpaired) electrons. The van der Waals surface area contributed by atoms with Gasteiger partial charge < -0.3 is 19.4 Å². The Kier molecular flexibility index (Phi) is 51.1. The van der Waals surface area contributed by atoms with E-state index in [0.29, 0.717) is 23.9 Å². The van der Waals surface area contributed by atoms with Gasteiger partial charge in [-0.05, 0) is 96.0 Å². The Bertz CT molecular complexity index is 1590. The standard InChI is InChI=1S/C64H113N2O7P/c1-7-10-13-16-19-22-25-28-30-32-33-35-37-39-42-45-48-51-54-57-64(68)73-62(55-52-49-46-43-40-27-24-21-18-15-12-9-3)61(60-72-74(69,70)71-59-58-66(4,5)6)65-63(67)56-53-50-47-44-41-38-36-34-31-29-26-23-20-17-14-11-8-2/h10,13,19,22,28-31,33,35,39,42,48,51-52,55,61-62H,7-9,11-12,14-18,20-21,23-27,32,34,36-38,40-41,43-47,49-50,53-54,56-60H2,1-6H3,(H-,65,67,69,70)/p+1/b13-10-,22-19-,30-28-,31-29+,35-33-,42-39-,51-48-,55-52+. The van der Waals surface area contributed by atoms with Crippen LogP contribution >= 0.6 is 7.82 Å². The van der Waals surface area contributed by atoms with Crippen LogP contribution in [0.3, 0.4) is 0 Å². The quantitative estimate of drug-likeness (QED) is 0.0205. The van der Waals surface area contributed by atoms with E-state index in [2.05, 4.69) is 105 Å². The van der Waals surface area contributed by atoms with Crippen molar-refractivity contribution in [1.29, 1.82) is 0 Å². The molecular weight excluding hydrogens is 940 g/mol. The van der Waals surface area contributed by atoms with Crippen LogP contribution in [0.25, 0.3) is 0 Å². The first-order valence-electron chi connectivity index (χ1n) is 30.1. The molecule has 0 fully saturated rings. The van der Waals surface area contributed by atoms with Crippen molar-refractivity contribution in [3.63, 3.8) is 0 Å². The fourth-order valence-corrected chi connectivity index (χ4v) is 8.87. The first kappa shape index (κ1) is 70.9. The summed E-state index contributed by atoms with van der Waals surface area (Å²) in [5, 5.41) is 3.03. The van der Waals surface area contributed by atoms with Crippen molar-refractivity contribution in [2.45, 2.75) is 258 Å². The van der Waals surface area contributed by atoms with E-state index in [4.69, 9.17) is 13.8 Å². The SMILES string of the molecule is CC/C=C\C/C=C\C/C=C\C/C=C\C/C=C\C/C=C\CCC(=O)OC(/C=C/CCCCCCCCCCCC)C(COP(=O)(O)OCC[N+](C)(C)C)NC(=O)CCCCCCCCC/C=C/CCCCCCCC. The molecule has 0 aromatic carbocycles. The van der Waals surface area contributed by atoms with E-state index < -0.39 is 25.9 Å². The summed E-state index contributed by atoms with van der Waals surface area (Å²) in [6, 6.07) is -0.886. The van der Waals surface area contributed by atoms with Gasteiger partial charge in [0.25, 0.3) is 0 Å². The largest absolute Gasteiger partial charge is 0.472 e. The van der Waals surface area contributed by atoms with Crippen LogP contribution in [0, 0.1) is 0 Å². The highest BCUT2D eigenvalue weighted by Crippen LogP contribution is 2.43. The van der Waals surface area contributed by atoms with Crippen LogP contribution in [0.2, 0.25) is 0 Å². The number of hydrogen-bond acceptors (Lipinski definition) is 6. The molecule has 0 rings (SSSR count). The lowest BCUT2D eigenvalue weighted by Crippen LogP contribution is -2.47. The Morgan fingerprint density at radius 1 is 0.486 bits per heavy atom. The highest BCUT2D eigenvalue weighted by atomic mass is 31.2. The third-order valence-electron chi connectivity index (χ3n) is 12.8. The van der Waals surface area contributed by atoms with Crippen molar-refractivity contribution in [3.05, 3.63) is 97.2 Å². The molecule has 74 heavy (non-hydrogen) atoms. The minimum Gasteiger partial charge on any atom is -0.456 e. The number of carbonyl (C=O) groups excluding carboxylic acids is 2. The van der Waals surface area contributed by atoms with Gasteiger partial charge in [-0.15, -0.1) is 0 Å². The van der Waals surface area contributed by atoms with Gasteiger partial charge in [0.2, 0.25) is 5.91 Å². The van der Waals surface area contributed by atoms with E-state index in [-0.39, 0.29) is 25.5 Å². The zero-order chi connectivity index (χ0) is 54.3. The molecule has 9 nitrogen and oxygen atoms in total. The maximum atomic E-state index is 13.5. The van der Waals surface area contributed by atoms with Crippen molar-refractivity contribution in [2.24, 2.45) is 0 Å². The van der Waals surface area contributed by atoms with Gasteiger partial charge in [-0.25, -0.2) is 4.57 Å². The summed E-state index contributed by atoms with van der Waals surface area (Å²) >= 11 is 0. The second kappa shape index (κ2) is 53.3. The molecule has 0 saturated heterocycles. The first-order valence-corrected chi connectivity index (χ1v) is 31.6. The van der Waals surface area contributed by atoms with E-state index in [1.54, 1.807) is 0 Å². The number of nitrogens with zero attached hydrogens (tertiary/aromatic N) is 1. The van der Waals surface area contributed by atoms with Crippen LogP contribution < -0.4 is 5.32 Å². The molecule has 0 aliphatic rings. The molecule has 3 unspecified atom stereocenters. The Morgan fingerprint density at radius 2 is 0.878 bits per heavy atom. The zero-order valence-electron chi connectivity index (χ0n) is 48.6. The van der Waals surface area contributed by atoms with Crippen molar-refractivity contribution in [3.8, 4) is 0 Å². The molecule has 0 aliphatic carbocycles. The number of amides is 1. The van der Waals surface area contributed by atoms with Gasteiger partial charge >= 0.3 is 13.8 Å². The first-order chi connectivity index (χ1) is 35.9. The van der Waals surface area contributed by atoms with E-state index in [9.17, 15) is 19.0 Å². The van der Waals surface area contributed by atoms with Crippen molar-refractivity contribution in [2.75, 3.05) is 40.9 Å². The van der Waals surface area contributed by atoms with Gasteiger partial charge in [0.1, 0.15) is 19.3 Å². The molecular formula is C64H114N2O7P+. The predicted molar refractivity (Wildman–Crippen MR) is 318 cm³/mol. The lowest BCUT2D eigenvalue weighted by atomic mass is 10.0. The smallest absolute Gasteiger partial charge is 0.456 e. The number of esters is 1. The highest BCUT2D eigenvalue weighted by molar-refractivity contribution is 7.47. The molecule has 0 bridgehead atoms. The molecule has 0 aromatic heterocycles. The van der Waals surface area contributed by atoms with Gasteiger partial charge in [0.05, 0.1) is 33.8 Å². The maximum absolute atomic E-state index is 13.5. The summed E-state index contributed by atoms with van der Waals surface area (Å²) in [6.45, 7) is 6.83. The second-order valence-corrected chi connectivity index (χ2v) is 22.6. The Labute approximate surface area is 456 Å². The summed E-state index contributed by atoms with van der Waals surface area (Å²) in [6.07, 6.45) is 71.3. The summed E-state index contributed by atoms with van der Waals surface area (Å²) in [7, 11) is 1.44. The fourth-order valence-electron chi connectivity index (χ4n) is 8.14. The molecule has 0 aliphatic heterocycles. The average molecular weight is 1050 g/mol. The van der Waals surface area contributed by atoms with Gasteiger partial charge in [0, 0.05) is 12.8 Å². The van der Waals surface area contributed by atoms with Gasteiger partial charge in [0.15, 0.2) is 0 Å². The molecule has 10 heteroatoms. The summed E-state index contributed by atoms with van der Waals surface area (Å²) in [5.74, 6) is -0.611. The van der Waals surface area contributed by atoms with Crippen LogP contribution in [-0.4, -0.2) is 74.3 Å². The van der Waals surface area contributed by atoms with E-state index in [0.717, 1.165) is 89.9 Å². The number of likely N-dealkylation sites (N-methyl/N-ethyl adjacent to an activating group) is 1. The van der Waals surface area contributed by atoms with Crippen LogP contribution in [0.5, 0.6) is 0 Å². The number of nitrogens with one attached hydrogen (secondary N) is 1. The Hall–Kier alpha value is -3.07. The zero-order valence-corrected chi connectivity index (χ0v) is 49.4. The van der Waals surface area contributed by atoms with Crippen LogP contribution in [0.4, 0.5) is 0 Å². The van der Waals surface area contributed by atoms with Crippen LogP contribution in [0.15, 0.2) is 97.2 Å². The van der Waals surface area contributed by atoms with Crippen molar-refractivity contribution >= 4 is 19.7 Å². The Morgan fingerprint density at radius 3 is 1.32 bits per heavy atom. The fraction of sp³-hybridized carbons (Fsp3) is 0.719. The number of rotatable bonds is 53. The molecule has 426 valence electrons. The normalized spacial score (nSPS) is 14.4. The highest BCUT2D eigenvalue weighted by Gasteiger charge is 2.30. The molecule has 0 spiro atoms. The number of allylic oxidation sites excluding steroid dienone is 15. The van der Waals surface area contributed by atoms with Crippen LogP contribution in [0.1, 0.15) is 245 Å². The minimum absolute atomic E-state index is 0.0242. The molecule has 1 amide bonds. The maximum Gasteiger partial charge on any atom is 0.472 e. The number of hydrogen-bond donors (Lipinski definition) is 2. The number of phosphoric ester groups is 1. The predicted octanol–water partition coefficient (Wildman–Crippen LogP) is 18.4. The monoisotopic (exact) mass is 1050 g/mol. The van der Waals surface area contributed by atoms with Gasteiger partial charge in [-0.1, -0.05) is 234 Å². The van der Waals surface area contributed by atoms with Crippen molar-refractivity contribution in [1.82, 2.24) is 5.32 Å². The lowest BCUT2D eigenvalue weighted by Gasteiger charge is -2.27. The number of carbonyl (C=O) groups is 2. The molecule has 0 heterocycles. The van der Waals surface area contributed by atoms with E-state index >= 15 is 0 Å². The second-order valence-electron chi connectivity index (χ2n) is 21.1. The molecule has 0 aromatic rings. The molecule has 3 atom stereocenters. The van der Waals surface area contributed by atoms with Crippen molar-refractivity contribution < 1.29 is 37.3 Å². The van der Waals surface area contributed by atoms with Gasteiger partial charge in [-0.3, -0.25) is 18.6 Å². The third kappa shape index (κ3) is 53.7. The number of ether oxygens (including phenoxy) is 1. The third-order valence-corrected chi connectivity index (χ3v) is 13.8. The number of quaternary nitrogens is 1. The lowest BCUT2D eigenvalue weighted by molar-refractivity contribution is -0.870. The van der Waals surface area contributed by atoms with E-state index in [1.807, 2.05) is 39.4 Å². The summed E-state index contributed by atoms with van der Waals surface area (Å²) < 4.78 is 30.6. The number of unbranched alkanes of at least 4 members (excludes halogenated alkanes) is 23. The van der Waals surface area contributed by atoms with Crippen LogP contribution in [-0.2, 0) is 27.9 Å². The topological polar surface area (TPSA) is 111 Å². The Balaban J connectivity index is 5.43. The van der Waals surface area contributed by atoms with Gasteiger partial charge in [-0.2, -0.15) is 0 Å². The average Bonchev–Trinajstić information content (AvgIpc) is 3.36. The summed E-state index contributed by atoms with van der Waals surface area (Å²) in [4.78, 5) is 37.6. The molecule has 0 saturated carbocycles. The summed E-state index contributed by atoms with van der Waals surface area (Å²) in [5.41, 5.74) is 0.